The largest absolute Gasteiger partial charge is 0.349 e. The maximum atomic E-state index is 12.2. The normalized spacial score (nSPS) is 21.7. The van der Waals surface area contributed by atoms with Gasteiger partial charge in [0.2, 0.25) is 5.84 Å². The lowest BCUT2D eigenvalue weighted by Gasteiger charge is -2.31. The Balaban J connectivity index is 1.70. The Hall–Kier alpha value is -2.37. The number of nitrogens with one attached hydrogen (secondary N) is 2. The van der Waals surface area contributed by atoms with Gasteiger partial charge in [-0.2, -0.15) is 0 Å². The van der Waals surface area contributed by atoms with Crippen LogP contribution in [0.25, 0.3) is 0 Å². The molecule has 2 N–H and O–H groups in total. The van der Waals surface area contributed by atoms with Gasteiger partial charge >= 0.3 is 0 Å². The second kappa shape index (κ2) is 6.17. The van der Waals surface area contributed by atoms with Crippen molar-refractivity contribution >= 4 is 23.3 Å². The Morgan fingerprint density at radius 3 is 2.73 bits per heavy atom. The summed E-state index contributed by atoms with van der Waals surface area (Å²) in [6.07, 6.45) is 3.59. The van der Waals surface area contributed by atoms with Crippen molar-refractivity contribution in [3.63, 3.8) is 0 Å². The van der Waals surface area contributed by atoms with Crippen molar-refractivity contribution in [2.45, 2.75) is 32.2 Å². The molecule has 1 fully saturated rings. The molecule has 22 heavy (non-hydrogen) atoms. The Bertz CT molecular complexity index is 595. The summed E-state index contributed by atoms with van der Waals surface area (Å²) >= 11 is 0. The van der Waals surface area contributed by atoms with Crippen molar-refractivity contribution in [1.82, 2.24) is 10.7 Å². The minimum Gasteiger partial charge on any atom is -0.349 e. The molecule has 1 aliphatic heterocycles. The lowest BCUT2D eigenvalue weighted by molar-refractivity contribution is -0.120. The Morgan fingerprint density at radius 2 is 2.09 bits per heavy atom. The average molecular weight is 300 g/mol. The Labute approximate surface area is 129 Å². The van der Waals surface area contributed by atoms with Crippen LogP contribution in [0.2, 0.25) is 0 Å². The molecule has 2 amide bonds. The highest BCUT2D eigenvalue weighted by Crippen LogP contribution is 2.25. The molecule has 116 valence electrons. The van der Waals surface area contributed by atoms with E-state index in [1.165, 1.54) is 24.3 Å². The molecule has 0 bridgehead atoms. The van der Waals surface area contributed by atoms with Crippen molar-refractivity contribution in [3.05, 3.63) is 30.3 Å². The third kappa shape index (κ3) is 2.95. The number of rotatable bonds is 4. The molecule has 1 saturated carbocycles. The van der Waals surface area contributed by atoms with Crippen LogP contribution in [0.4, 0.5) is 5.69 Å². The summed E-state index contributed by atoms with van der Waals surface area (Å²) < 4.78 is 0. The van der Waals surface area contributed by atoms with Gasteiger partial charge in [-0.1, -0.05) is 24.6 Å². The highest BCUT2D eigenvalue weighted by atomic mass is 16.2. The summed E-state index contributed by atoms with van der Waals surface area (Å²) in [5.41, 5.74) is 3.52. The van der Waals surface area contributed by atoms with Crippen LogP contribution in [-0.2, 0) is 9.59 Å². The van der Waals surface area contributed by atoms with Crippen molar-refractivity contribution in [1.29, 1.82) is 0 Å². The van der Waals surface area contributed by atoms with Gasteiger partial charge in [0.25, 0.3) is 11.8 Å². The number of amides is 2. The number of hydrogen-bond acceptors (Lipinski definition) is 4. The maximum Gasteiger partial charge on any atom is 0.288 e. The quantitative estimate of drug-likeness (QED) is 0.878. The molecule has 1 aromatic rings. The van der Waals surface area contributed by atoms with E-state index in [2.05, 4.69) is 15.7 Å². The molecule has 0 radical (unpaired) electrons. The van der Waals surface area contributed by atoms with E-state index in [-0.39, 0.29) is 17.6 Å². The van der Waals surface area contributed by atoms with E-state index in [4.69, 9.17) is 0 Å². The van der Waals surface area contributed by atoms with Gasteiger partial charge in [0.05, 0.1) is 5.69 Å². The number of anilines is 1. The Kier molecular flexibility index (Phi) is 4.09. The third-order valence-electron chi connectivity index (χ3n) is 4.12. The number of carbonyl (C=O) groups excluding carboxylic acids is 2. The molecular weight excluding hydrogens is 280 g/mol. The summed E-state index contributed by atoms with van der Waals surface area (Å²) in [5.74, 6) is 0.335. The number of hydrazine groups is 1. The van der Waals surface area contributed by atoms with E-state index in [0.29, 0.717) is 18.2 Å². The highest BCUT2D eigenvalue weighted by molar-refractivity contribution is 6.39. The zero-order valence-electron chi connectivity index (χ0n) is 12.6. The van der Waals surface area contributed by atoms with E-state index in [1.807, 2.05) is 30.3 Å². The number of benzene rings is 1. The second-order valence-electron chi connectivity index (χ2n) is 5.78. The van der Waals surface area contributed by atoms with Crippen molar-refractivity contribution in [3.8, 4) is 0 Å². The number of carbonyl (C=O) groups is 2. The molecule has 1 heterocycles. The molecule has 0 unspecified atom stereocenters. The molecule has 0 spiro atoms. The van der Waals surface area contributed by atoms with Crippen LogP contribution in [0.3, 0.4) is 0 Å². The van der Waals surface area contributed by atoms with E-state index in [1.54, 1.807) is 6.92 Å². The third-order valence-corrected chi connectivity index (χ3v) is 4.12. The first kappa shape index (κ1) is 14.6. The van der Waals surface area contributed by atoms with Gasteiger partial charge in [0, 0.05) is 6.54 Å². The van der Waals surface area contributed by atoms with E-state index in [9.17, 15) is 9.59 Å². The summed E-state index contributed by atoms with van der Waals surface area (Å²) in [6, 6.07) is 8.61. The average Bonchev–Trinajstić information content (AvgIpc) is 2.49. The van der Waals surface area contributed by atoms with Gasteiger partial charge < -0.3 is 5.32 Å². The van der Waals surface area contributed by atoms with Crippen LogP contribution < -0.4 is 15.8 Å². The van der Waals surface area contributed by atoms with Crippen LogP contribution in [0.15, 0.2) is 35.3 Å². The molecule has 3 rings (SSSR count). The smallest absolute Gasteiger partial charge is 0.288 e. The molecule has 6 nitrogen and oxygen atoms in total. The first-order chi connectivity index (χ1) is 10.6. The summed E-state index contributed by atoms with van der Waals surface area (Å²) in [4.78, 5) is 28.6. The Morgan fingerprint density at radius 1 is 1.36 bits per heavy atom. The van der Waals surface area contributed by atoms with Gasteiger partial charge in [0.1, 0.15) is 6.04 Å². The predicted molar refractivity (Wildman–Crippen MR) is 84.3 cm³/mol. The monoisotopic (exact) mass is 300 g/mol. The molecule has 2 aliphatic rings. The standard InChI is InChI=1S/C16H20N4O2/c1-11-16(22)20(13-8-3-2-4-9-13)19-14(18-11)15(21)17-10-12-6-5-7-12/h2-4,8-9,11-12H,5-7,10H2,1H3,(H,17,21)(H,18,19)/t11-/m1/s1. The van der Waals surface area contributed by atoms with Crippen LogP contribution in [0.5, 0.6) is 0 Å². The van der Waals surface area contributed by atoms with E-state index >= 15 is 0 Å². The zero-order chi connectivity index (χ0) is 15.5. The van der Waals surface area contributed by atoms with Crippen molar-refractivity contribution in [2.24, 2.45) is 10.9 Å². The first-order valence-electron chi connectivity index (χ1n) is 7.67. The lowest BCUT2D eigenvalue weighted by Crippen LogP contribution is -2.58. The fourth-order valence-electron chi connectivity index (χ4n) is 2.52. The van der Waals surface area contributed by atoms with E-state index < -0.39 is 6.04 Å². The first-order valence-corrected chi connectivity index (χ1v) is 7.67. The van der Waals surface area contributed by atoms with Crippen LogP contribution in [-0.4, -0.2) is 30.2 Å². The van der Waals surface area contributed by atoms with Gasteiger partial charge in [-0.25, -0.2) is 10.0 Å². The second-order valence-corrected chi connectivity index (χ2v) is 5.78. The van der Waals surface area contributed by atoms with Crippen LogP contribution in [0, 0.1) is 5.92 Å². The highest BCUT2D eigenvalue weighted by Gasteiger charge is 2.31. The summed E-state index contributed by atoms with van der Waals surface area (Å²) in [7, 11) is 0. The fourth-order valence-corrected chi connectivity index (χ4v) is 2.52. The SMILES string of the molecule is C[C@H]1N=C(C(=O)NCC2CCC2)NN(c2ccccc2)C1=O. The zero-order valence-corrected chi connectivity index (χ0v) is 12.6. The molecule has 1 aliphatic carbocycles. The number of aliphatic imine (C=N–C) groups is 1. The number of hydrogen-bond donors (Lipinski definition) is 2. The van der Waals surface area contributed by atoms with Gasteiger partial charge in [0.15, 0.2) is 0 Å². The number of para-hydroxylation sites is 1. The van der Waals surface area contributed by atoms with Gasteiger partial charge in [-0.05, 0) is 37.8 Å². The van der Waals surface area contributed by atoms with Gasteiger partial charge in [-0.15, -0.1) is 0 Å². The maximum absolute atomic E-state index is 12.2. The van der Waals surface area contributed by atoms with Crippen molar-refractivity contribution in [2.75, 3.05) is 11.6 Å². The number of nitrogens with zero attached hydrogens (tertiary/aromatic N) is 2. The minimum atomic E-state index is -0.578. The molecule has 6 heteroatoms. The fraction of sp³-hybridized carbons (Fsp3) is 0.438. The predicted octanol–water partition coefficient (Wildman–Crippen LogP) is 1.24. The minimum absolute atomic E-state index is 0.179. The van der Waals surface area contributed by atoms with Crippen LogP contribution >= 0.6 is 0 Å². The van der Waals surface area contributed by atoms with Gasteiger partial charge in [-0.3, -0.25) is 15.0 Å². The molecule has 1 atom stereocenters. The molecule has 0 aromatic heterocycles. The van der Waals surface area contributed by atoms with Crippen molar-refractivity contribution < 1.29 is 9.59 Å². The summed E-state index contributed by atoms with van der Waals surface area (Å²) in [6.45, 7) is 2.37. The molecule has 1 aromatic carbocycles. The van der Waals surface area contributed by atoms with E-state index in [0.717, 1.165) is 0 Å². The molecule has 0 saturated heterocycles. The summed E-state index contributed by atoms with van der Waals surface area (Å²) in [5, 5.41) is 4.28. The molecular formula is C16H20N4O2. The number of amidine groups is 1. The topological polar surface area (TPSA) is 73.8 Å². The lowest BCUT2D eigenvalue weighted by atomic mass is 9.85. The van der Waals surface area contributed by atoms with Crippen LogP contribution in [0.1, 0.15) is 26.2 Å².